The zero-order chi connectivity index (χ0) is 46.3. The standard InChI is InChI=1S/C33H41N9O4.C12H16N4O2/c1-33(2,3)46-32(45)26-10-7-24(19-27(26)29(34)39-35)38-31(44)23-11-14-40(20-23)21-28(43)42-17-15-41(16-18-42)25-8-5-22(6-9-25)30-36-12-4-13-37-30;1-12(2,3)18-11(17)16-9-5-4-7(13)6-8(9)10(14)15-16/h4-10,12-13,19,23H,11,14-18,20-21,35H2,1-3H3,(H2,34,39)(H,38,44);4-6H,13H2,1-3H3,(H2,14,15)/t23-;/m1./s1. The van der Waals surface area contributed by atoms with Gasteiger partial charge < -0.3 is 47.6 Å². The lowest BCUT2D eigenvalue weighted by atomic mass is 10.0. The van der Waals surface area contributed by atoms with E-state index in [4.69, 9.17) is 32.5 Å². The van der Waals surface area contributed by atoms with E-state index in [-0.39, 0.29) is 47.1 Å². The first kappa shape index (κ1) is 46.2. The summed E-state index contributed by atoms with van der Waals surface area (Å²) in [4.78, 5) is 65.8. The number of esters is 1. The molecule has 338 valence electrons. The fourth-order valence-electron chi connectivity index (χ4n) is 7.23. The van der Waals surface area contributed by atoms with Gasteiger partial charge in [-0.2, -0.15) is 9.78 Å². The van der Waals surface area contributed by atoms with Gasteiger partial charge in [-0.3, -0.25) is 14.5 Å². The molecule has 7 rings (SSSR count). The van der Waals surface area contributed by atoms with E-state index >= 15 is 0 Å². The molecule has 19 nitrogen and oxygen atoms in total. The number of nitrogens with one attached hydrogen (secondary N) is 1. The van der Waals surface area contributed by atoms with Crippen LogP contribution < -0.4 is 33.3 Å². The van der Waals surface area contributed by atoms with Gasteiger partial charge in [-0.05, 0) is 121 Å². The summed E-state index contributed by atoms with van der Waals surface area (Å²) >= 11 is 0. The van der Waals surface area contributed by atoms with E-state index in [1.807, 2.05) is 21.9 Å². The molecule has 2 amide bonds. The summed E-state index contributed by atoms with van der Waals surface area (Å²) in [5.41, 5.74) is 20.2. The number of hydrazone groups is 1. The number of amides is 2. The lowest BCUT2D eigenvalue weighted by molar-refractivity contribution is -0.132. The Hall–Kier alpha value is -7.28. The van der Waals surface area contributed by atoms with Crippen LogP contribution in [0.5, 0.6) is 0 Å². The molecule has 2 aromatic heterocycles. The third kappa shape index (κ3) is 11.8. The monoisotopic (exact) mass is 875 g/mol. The van der Waals surface area contributed by atoms with Crippen LogP contribution in [0.2, 0.25) is 0 Å². The van der Waals surface area contributed by atoms with Crippen LogP contribution >= 0.6 is 0 Å². The number of likely N-dealkylation sites (tertiary alicyclic amines) is 1. The van der Waals surface area contributed by atoms with Crippen molar-refractivity contribution in [3.05, 3.63) is 90.3 Å². The van der Waals surface area contributed by atoms with Crippen LogP contribution in [0.4, 0.5) is 27.7 Å². The average molecular weight is 876 g/mol. The summed E-state index contributed by atoms with van der Waals surface area (Å²) in [5.74, 6) is 5.32. The number of nitrogen functional groups attached to an aromatic ring is 2. The van der Waals surface area contributed by atoms with Crippen molar-refractivity contribution in [3.8, 4) is 11.4 Å². The van der Waals surface area contributed by atoms with Gasteiger partial charge in [-0.25, -0.2) is 19.6 Å². The molecule has 2 fully saturated rings. The minimum Gasteiger partial charge on any atom is -0.456 e. The predicted octanol–water partition coefficient (Wildman–Crippen LogP) is 4.27. The second-order valence-electron chi connectivity index (χ2n) is 17.5. The molecule has 0 saturated carbocycles. The molecule has 19 heteroatoms. The summed E-state index contributed by atoms with van der Waals surface area (Å²) in [7, 11) is 0. The molecule has 3 aromatic carbocycles. The van der Waals surface area contributed by atoms with E-state index in [1.54, 1.807) is 90.3 Å². The number of rotatable bonds is 8. The van der Waals surface area contributed by atoms with Crippen molar-refractivity contribution in [2.24, 2.45) is 22.6 Å². The second-order valence-corrected chi connectivity index (χ2v) is 17.5. The van der Waals surface area contributed by atoms with E-state index in [0.717, 1.165) is 29.0 Å². The normalized spacial score (nSPS) is 15.9. The van der Waals surface area contributed by atoms with Gasteiger partial charge in [0.25, 0.3) is 0 Å². The molecule has 5 aromatic rings. The first-order valence-electron chi connectivity index (χ1n) is 20.9. The van der Waals surface area contributed by atoms with Crippen molar-refractivity contribution < 1.29 is 28.7 Å². The minimum absolute atomic E-state index is 0.0561. The van der Waals surface area contributed by atoms with Crippen molar-refractivity contribution in [3.63, 3.8) is 0 Å². The van der Waals surface area contributed by atoms with Gasteiger partial charge >= 0.3 is 12.1 Å². The molecular formula is C45H57N13O6. The third-order valence-corrected chi connectivity index (χ3v) is 10.3. The maximum atomic E-state index is 13.2. The summed E-state index contributed by atoms with van der Waals surface area (Å²) in [6, 6.07) is 19.7. The lowest BCUT2D eigenvalue weighted by Gasteiger charge is -2.36. The van der Waals surface area contributed by atoms with Crippen LogP contribution in [0.15, 0.2) is 84.2 Å². The van der Waals surface area contributed by atoms with Crippen LogP contribution in [0.25, 0.3) is 22.3 Å². The number of fused-ring (bicyclic) bond motifs is 1. The zero-order valence-corrected chi connectivity index (χ0v) is 37.1. The molecule has 0 radical (unpaired) electrons. The number of hydrogen-bond acceptors (Lipinski definition) is 15. The number of benzene rings is 3. The Morgan fingerprint density at radius 2 is 1.50 bits per heavy atom. The summed E-state index contributed by atoms with van der Waals surface area (Å²) in [6.07, 6.45) is 3.53. The summed E-state index contributed by atoms with van der Waals surface area (Å²) in [6.45, 7) is 14.8. The first-order valence-corrected chi connectivity index (χ1v) is 20.9. The Balaban J connectivity index is 0.000000315. The molecule has 4 heterocycles. The van der Waals surface area contributed by atoms with Crippen molar-refractivity contribution in [2.75, 3.05) is 67.5 Å². The van der Waals surface area contributed by atoms with E-state index in [9.17, 15) is 19.2 Å². The van der Waals surface area contributed by atoms with Crippen LogP contribution in [-0.2, 0) is 19.1 Å². The highest BCUT2D eigenvalue weighted by atomic mass is 16.6. The predicted molar refractivity (Wildman–Crippen MR) is 246 cm³/mol. The van der Waals surface area contributed by atoms with Crippen molar-refractivity contribution in [2.45, 2.75) is 59.2 Å². The van der Waals surface area contributed by atoms with Crippen LogP contribution in [-0.4, -0.2) is 116 Å². The zero-order valence-electron chi connectivity index (χ0n) is 37.1. The Bertz CT molecular complexity index is 2500. The highest BCUT2D eigenvalue weighted by molar-refractivity contribution is 6.08. The van der Waals surface area contributed by atoms with E-state index in [1.165, 1.54) is 6.07 Å². The number of carbonyl (C=O) groups excluding carboxylic acids is 4. The van der Waals surface area contributed by atoms with Crippen LogP contribution in [0.3, 0.4) is 0 Å². The summed E-state index contributed by atoms with van der Waals surface area (Å²) in [5, 5.41) is 11.1. The Labute approximate surface area is 371 Å². The number of aromatic nitrogens is 4. The van der Waals surface area contributed by atoms with Crippen molar-refractivity contribution in [1.29, 1.82) is 0 Å². The number of hydrogen-bond donors (Lipinski definition) is 5. The van der Waals surface area contributed by atoms with E-state index in [0.29, 0.717) is 60.7 Å². The van der Waals surface area contributed by atoms with Crippen LogP contribution in [0, 0.1) is 5.92 Å². The Kier molecular flexibility index (Phi) is 14.0. The molecule has 0 bridgehead atoms. The highest BCUT2D eigenvalue weighted by Crippen LogP contribution is 2.26. The number of nitrogens with two attached hydrogens (primary N) is 4. The number of piperazine rings is 1. The number of carbonyl (C=O) groups is 4. The molecular weight excluding hydrogens is 819 g/mol. The van der Waals surface area contributed by atoms with Crippen molar-refractivity contribution >= 4 is 63.5 Å². The molecule has 2 aliphatic rings. The maximum Gasteiger partial charge on any atom is 0.435 e. The minimum atomic E-state index is -0.702. The van der Waals surface area contributed by atoms with Crippen LogP contribution in [0.1, 0.15) is 63.9 Å². The lowest BCUT2D eigenvalue weighted by Crippen LogP contribution is -2.51. The highest BCUT2D eigenvalue weighted by Gasteiger charge is 2.32. The molecule has 9 N–H and O–H groups in total. The van der Waals surface area contributed by atoms with E-state index < -0.39 is 23.3 Å². The third-order valence-electron chi connectivity index (χ3n) is 10.3. The number of amidine groups is 1. The smallest absolute Gasteiger partial charge is 0.435 e. The fourth-order valence-corrected chi connectivity index (χ4v) is 7.23. The fraction of sp³-hybridized carbons (Fsp3) is 0.378. The largest absolute Gasteiger partial charge is 0.456 e. The maximum absolute atomic E-state index is 13.2. The quantitative estimate of drug-likeness (QED) is 0.0364. The Morgan fingerprint density at radius 3 is 2.14 bits per heavy atom. The number of ether oxygens (including phenoxy) is 2. The first-order chi connectivity index (χ1) is 30.3. The molecule has 64 heavy (non-hydrogen) atoms. The topological polar surface area (TPSA) is 269 Å². The molecule has 2 aliphatic heterocycles. The molecule has 0 unspecified atom stereocenters. The van der Waals surface area contributed by atoms with Gasteiger partial charge in [0, 0.05) is 78.7 Å². The van der Waals surface area contributed by atoms with E-state index in [2.05, 4.69) is 42.5 Å². The average Bonchev–Trinajstić information content (AvgIpc) is 3.86. The number of nitrogens with zero attached hydrogens (tertiary/aromatic N) is 8. The van der Waals surface area contributed by atoms with Gasteiger partial charge in [0.05, 0.1) is 23.5 Å². The SMILES string of the molecule is CC(C)(C)OC(=O)c1ccc(NC(=O)[C@@H]2CCN(CC(=O)N3CCN(c4ccc(-c5ncccn5)cc4)CC3)C2)cc1/C(N)=N\N.CC(C)(C)OC(=O)n1nc(N)c2cc(N)ccc21. The molecule has 1 atom stereocenters. The molecule has 0 aliphatic carbocycles. The van der Waals surface area contributed by atoms with Gasteiger partial charge in [0.1, 0.15) is 11.2 Å². The van der Waals surface area contributed by atoms with Crippen molar-refractivity contribution in [1.82, 2.24) is 29.5 Å². The van der Waals surface area contributed by atoms with Gasteiger partial charge in [0.15, 0.2) is 17.5 Å². The second kappa shape index (κ2) is 19.4. The summed E-state index contributed by atoms with van der Waals surface area (Å²) < 4.78 is 11.9. The van der Waals surface area contributed by atoms with Gasteiger partial charge in [0.2, 0.25) is 11.8 Å². The van der Waals surface area contributed by atoms with Gasteiger partial charge in [-0.15, -0.1) is 5.10 Å². The van der Waals surface area contributed by atoms with Gasteiger partial charge in [-0.1, -0.05) is 0 Å². The molecule has 0 spiro atoms. The number of anilines is 4. The Morgan fingerprint density at radius 1 is 0.828 bits per heavy atom. The molecule has 2 saturated heterocycles.